The van der Waals surface area contributed by atoms with Gasteiger partial charge in [-0.1, -0.05) is 24.3 Å². The first kappa shape index (κ1) is 27.7. The van der Waals surface area contributed by atoms with Crippen LogP contribution < -0.4 is 10.1 Å². The monoisotopic (exact) mass is 554 g/mol. The fourth-order valence-electron chi connectivity index (χ4n) is 5.19. The van der Waals surface area contributed by atoms with Gasteiger partial charge in [0.2, 0.25) is 0 Å². The Hall–Kier alpha value is -3.82. The summed E-state index contributed by atoms with van der Waals surface area (Å²) in [5.74, 6) is 0.858. The van der Waals surface area contributed by atoms with Gasteiger partial charge in [0.15, 0.2) is 0 Å². The van der Waals surface area contributed by atoms with Crippen LogP contribution >= 0.6 is 0 Å². The highest BCUT2D eigenvalue weighted by Crippen LogP contribution is 2.42. The third kappa shape index (κ3) is 5.44. The fraction of sp³-hybridized carbons (Fsp3) is 0.433. The van der Waals surface area contributed by atoms with Gasteiger partial charge < -0.3 is 19.7 Å². The number of alkyl halides is 2. The number of ether oxygens (including phenoxy) is 2. The number of fused-ring (bicyclic) bond motifs is 3. The van der Waals surface area contributed by atoms with E-state index in [1.165, 1.54) is 12.1 Å². The minimum Gasteiger partial charge on any atom is -0.492 e. The minimum absolute atomic E-state index is 0.129. The number of halogens is 3. The summed E-state index contributed by atoms with van der Waals surface area (Å²) in [5.41, 5.74) is 2.58. The largest absolute Gasteiger partial charge is 0.492 e. The zero-order chi connectivity index (χ0) is 28.8. The van der Waals surface area contributed by atoms with E-state index in [-0.39, 0.29) is 11.7 Å². The van der Waals surface area contributed by atoms with Crippen LogP contribution in [0.5, 0.6) is 5.75 Å². The van der Waals surface area contributed by atoms with Crippen LogP contribution in [0.3, 0.4) is 0 Å². The molecule has 1 N–H and O–H groups in total. The molecule has 2 aliphatic rings. The SMILES string of the molecule is Cc1nc(N[C@H](C)c2cccc(C(F)F)c2F)c2cc(C3=CCN(C(=O)OC(C)(C)C)CC3)c3c(c2n1)CCO3. The van der Waals surface area contributed by atoms with Crippen molar-refractivity contribution in [1.82, 2.24) is 14.9 Å². The number of benzene rings is 2. The van der Waals surface area contributed by atoms with E-state index in [2.05, 4.69) is 10.3 Å². The van der Waals surface area contributed by atoms with Crippen molar-refractivity contribution in [2.45, 2.75) is 65.5 Å². The molecule has 2 aliphatic heterocycles. The van der Waals surface area contributed by atoms with Crippen LogP contribution in [0.15, 0.2) is 30.3 Å². The maximum atomic E-state index is 14.9. The number of hydrogen-bond acceptors (Lipinski definition) is 6. The van der Waals surface area contributed by atoms with Crippen LogP contribution in [0, 0.1) is 12.7 Å². The fourth-order valence-corrected chi connectivity index (χ4v) is 5.19. The van der Waals surface area contributed by atoms with E-state index in [9.17, 15) is 18.0 Å². The molecule has 0 aliphatic carbocycles. The smallest absolute Gasteiger partial charge is 0.410 e. The molecule has 10 heteroatoms. The highest BCUT2D eigenvalue weighted by molar-refractivity contribution is 5.97. The molecule has 0 saturated heterocycles. The summed E-state index contributed by atoms with van der Waals surface area (Å²) < 4.78 is 53.1. The molecule has 212 valence electrons. The Balaban J connectivity index is 1.52. The number of nitrogens with one attached hydrogen (secondary N) is 1. The normalized spacial score (nSPS) is 16.0. The van der Waals surface area contributed by atoms with E-state index in [0.717, 1.165) is 39.4 Å². The highest BCUT2D eigenvalue weighted by atomic mass is 19.3. The molecule has 7 nitrogen and oxygen atoms in total. The minimum atomic E-state index is -2.91. The Labute approximate surface area is 231 Å². The number of hydrogen-bond donors (Lipinski definition) is 1. The molecule has 40 heavy (non-hydrogen) atoms. The van der Waals surface area contributed by atoms with Crippen LogP contribution in [0.4, 0.5) is 23.8 Å². The van der Waals surface area contributed by atoms with E-state index in [0.29, 0.717) is 44.2 Å². The van der Waals surface area contributed by atoms with Crippen molar-refractivity contribution in [2.24, 2.45) is 0 Å². The molecule has 3 heterocycles. The van der Waals surface area contributed by atoms with Gasteiger partial charge in [0.05, 0.1) is 23.7 Å². The van der Waals surface area contributed by atoms with Crippen LogP contribution in [0.1, 0.15) is 74.7 Å². The Kier molecular flexibility index (Phi) is 7.37. The van der Waals surface area contributed by atoms with Crippen molar-refractivity contribution in [1.29, 1.82) is 0 Å². The third-order valence-electron chi connectivity index (χ3n) is 7.07. The number of nitrogens with zero attached hydrogens (tertiary/aromatic N) is 3. The summed E-state index contributed by atoms with van der Waals surface area (Å²) in [6, 6.07) is 5.35. The lowest BCUT2D eigenvalue weighted by Gasteiger charge is -2.30. The van der Waals surface area contributed by atoms with Crippen LogP contribution in [-0.4, -0.2) is 46.3 Å². The summed E-state index contributed by atoms with van der Waals surface area (Å²) in [5, 5.41) is 3.98. The average Bonchev–Trinajstić information content (AvgIpc) is 3.38. The molecule has 1 aromatic heterocycles. The highest BCUT2D eigenvalue weighted by Gasteiger charge is 2.29. The molecule has 5 rings (SSSR count). The quantitative estimate of drug-likeness (QED) is 0.361. The van der Waals surface area contributed by atoms with Gasteiger partial charge in [-0.2, -0.15) is 0 Å². The number of aryl methyl sites for hydroxylation is 1. The van der Waals surface area contributed by atoms with Gasteiger partial charge in [-0.05, 0) is 52.7 Å². The second-order valence-electron chi connectivity index (χ2n) is 11.2. The third-order valence-corrected chi connectivity index (χ3v) is 7.07. The lowest BCUT2D eigenvalue weighted by Crippen LogP contribution is -2.39. The average molecular weight is 555 g/mol. The molecule has 0 radical (unpaired) electrons. The molecule has 2 aromatic carbocycles. The maximum absolute atomic E-state index is 14.9. The van der Waals surface area contributed by atoms with Crippen molar-refractivity contribution in [3.63, 3.8) is 0 Å². The topological polar surface area (TPSA) is 76.6 Å². The van der Waals surface area contributed by atoms with Crippen molar-refractivity contribution in [3.05, 3.63) is 64.2 Å². The summed E-state index contributed by atoms with van der Waals surface area (Å²) in [6.45, 7) is 10.4. The molecule has 3 aromatic rings. The van der Waals surface area contributed by atoms with Gasteiger partial charge in [0.1, 0.15) is 28.8 Å². The van der Waals surface area contributed by atoms with Crippen molar-refractivity contribution in [3.8, 4) is 5.75 Å². The van der Waals surface area contributed by atoms with E-state index >= 15 is 0 Å². The predicted molar refractivity (Wildman–Crippen MR) is 147 cm³/mol. The van der Waals surface area contributed by atoms with Crippen LogP contribution in [-0.2, 0) is 11.2 Å². The first-order valence-electron chi connectivity index (χ1n) is 13.4. The van der Waals surface area contributed by atoms with Crippen LogP contribution in [0.2, 0.25) is 0 Å². The van der Waals surface area contributed by atoms with E-state index in [4.69, 9.17) is 14.5 Å². The number of carbonyl (C=O) groups excluding carboxylic acids is 1. The molecular weight excluding hydrogens is 521 g/mol. The summed E-state index contributed by atoms with van der Waals surface area (Å²) >= 11 is 0. The van der Waals surface area contributed by atoms with E-state index in [1.807, 2.05) is 32.9 Å². The van der Waals surface area contributed by atoms with Gasteiger partial charge >= 0.3 is 6.09 Å². The number of anilines is 1. The van der Waals surface area contributed by atoms with Gasteiger partial charge in [-0.3, -0.25) is 0 Å². The van der Waals surface area contributed by atoms with E-state index in [1.54, 1.807) is 18.7 Å². The Bertz CT molecular complexity index is 1500. The summed E-state index contributed by atoms with van der Waals surface area (Å²) in [4.78, 5) is 23.5. The molecule has 0 spiro atoms. The molecule has 0 fully saturated rings. The summed E-state index contributed by atoms with van der Waals surface area (Å²) in [6.07, 6.45) is 0.0303. The first-order chi connectivity index (χ1) is 18.9. The van der Waals surface area contributed by atoms with Crippen molar-refractivity contribution >= 4 is 28.4 Å². The molecule has 0 unspecified atom stereocenters. The Morgan fingerprint density at radius 2 is 1.93 bits per heavy atom. The van der Waals surface area contributed by atoms with Gasteiger partial charge in [0.25, 0.3) is 6.43 Å². The van der Waals surface area contributed by atoms with Gasteiger partial charge in [0, 0.05) is 41.6 Å². The lowest BCUT2D eigenvalue weighted by atomic mass is 9.94. The molecule has 0 saturated carbocycles. The molecular formula is C30H33F3N4O3. The van der Waals surface area contributed by atoms with Crippen molar-refractivity contribution < 1.29 is 27.4 Å². The number of rotatable bonds is 5. The maximum Gasteiger partial charge on any atom is 0.410 e. The second kappa shape index (κ2) is 10.6. The molecule has 1 amide bonds. The zero-order valence-corrected chi connectivity index (χ0v) is 23.3. The predicted octanol–water partition coefficient (Wildman–Crippen LogP) is 7.15. The number of aromatic nitrogens is 2. The van der Waals surface area contributed by atoms with Gasteiger partial charge in [-0.25, -0.2) is 27.9 Å². The first-order valence-corrected chi connectivity index (χ1v) is 13.4. The second-order valence-corrected chi connectivity index (χ2v) is 11.2. The van der Waals surface area contributed by atoms with E-state index < -0.39 is 29.4 Å². The number of amides is 1. The van der Waals surface area contributed by atoms with Crippen molar-refractivity contribution in [2.75, 3.05) is 25.0 Å². The summed E-state index contributed by atoms with van der Waals surface area (Å²) in [7, 11) is 0. The Morgan fingerprint density at radius 3 is 2.60 bits per heavy atom. The van der Waals surface area contributed by atoms with Gasteiger partial charge in [-0.15, -0.1) is 0 Å². The zero-order valence-electron chi connectivity index (χ0n) is 23.3. The molecule has 0 bridgehead atoms. The standard InChI is InChI=1S/C30H33F3N4O3/c1-16(19-7-6-8-20(24(19)31)27(32)33)34-28-23-15-22(26-21(11-14-39-26)25(23)35-17(2)36-28)18-9-12-37(13-10-18)29(38)40-30(3,4)5/h6-9,15-16,27H,10-14H2,1-5H3,(H,34,35,36)/t16-/m1/s1. The van der Waals surface area contributed by atoms with Crippen LogP contribution in [0.25, 0.3) is 16.5 Å². The lowest BCUT2D eigenvalue weighted by molar-refractivity contribution is 0.0270. The Morgan fingerprint density at radius 1 is 1.18 bits per heavy atom. The number of carbonyl (C=O) groups is 1. The molecule has 1 atom stereocenters.